The lowest BCUT2D eigenvalue weighted by Gasteiger charge is -2.30. The van der Waals surface area contributed by atoms with Crippen LogP contribution in [0.5, 0.6) is 17.2 Å². The Balaban J connectivity index is 2.05. The fraction of sp³-hybridized carbons (Fsp3) is 0.190. The van der Waals surface area contributed by atoms with Crippen LogP contribution in [0, 0.1) is 22.7 Å². The number of rotatable bonds is 3. The lowest BCUT2D eigenvalue weighted by molar-refractivity contribution is 0.352. The molecule has 8 heteroatoms. The number of fused-ring (bicyclic) bond motifs is 3. The van der Waals surface area contributed by atoms with E-state index in [0.717, 1.165) is 0 Å². The Morgan fingerprint density at radius 3 is 2.69 bits per heavy atom. The largest absolute Gasteiger partial charge is 0.493 e. The van der Waals surface area contributed by atoms with Crippen LogP contribution in [0.2, 0.25) is 0 Å². The van der Waals surface area contributed by atoms with Gasteiger partial charge < -0.3 is 19.2 Å². The highest BCUT2D eigenvalue weighted by Crippen LogP contribution is 2.46. The summed E-state index contributed by atoms with van der Waals surface area (Å²) in [5.41, 5.74) is 1.19. The van der Waals surface area contributed by atoms with Gasteiger partial charge in [-0.3, -0.25) is 10.2 Å². The van der Waals surface area contributed by atoms with E-state index < -0.39 is 11.8 Å². The van der Waals surface area contributed by atoms with Crippen molar-refractivity contribution in [3.63, 3.8) is 0 Å². The van der Waals surface area contributed by atoms with Crippen LogP contribution < -0.4 is 19.8 Å². The van der Waals surface area contributed by atoms with E-state index in [1.54, 1.807) is 24.3 Å². The molecule has 1 aliphatic heterocycles. The number of H-pyrrole nitrogens is 1. The van der Waals surface area contributed by atoms with E-state index in [2.05, 4.69) is 27.0 Å². The molecular formula is C21H16BrN3O4. The molecule has 0 amide bonds. The Morgan fingerprint density at radius 2 is 2.00 bits per heavy atom. The van der Waals surface area contributed by atoms with Crippen molar-refractivity contribution in [1.29, 1.82) is 10.7 Å². The number of aromatic amines is 1. The van der Waals surface area contributed by atoms with Gasteiger partial charge in [-0.05, 0) is 45.8 Å². The van der Waals surface area contributed by atoms with Crippen molar-refractivity contribution in [2.45, 2.75) is 5.92 Å². The molecule has 0 spiro atoms. The van der Waals surface area contributed by atoms with Gasteiger partial charge in [0, 0.05) is 11.3 Å². The Hall–Kier alpha value is -3.31. The first-order valence-corrected chi connectivity index (χ1v) is 9.51. The number of methoxy groups -OCH3 is 2. The van der Waals surface area contributed by atoms with Crippen LogP contribution in [-0.2, 0) is 0 Å². The van der Waals surface area contributed by atoms with Crippen LogP contribution in [0.1, 0.15) is 17.0 Å². The van der Waals surface area contributed by atoms with Crippen molar-refractivity contribution in [3.8, 4) is 23.3 Å². The Bertz CT molecular complexity index is 1250. The number of ether oxygens (including phenoxy) is 3. The number of nitrogens with zero attached hydrogens (tertiary/aromatic N) is 1. The zero-order valence-electron chi connectivity index (χ0n) is 15.6. The van der Waals surface area contributed by atoms with Crippen molar-refractivity contribution >= 4 is 32.7 Å². The third kappa shape index (κ3) is 2.95. The number of para-hydroxylation sites is 1. The summed E-state index contributed by atoms with van der Waals surface area (Å²) >= 11 is 3.46. The standard InChI is InChI=1S/C21H16BrN3O4/c1-27-15-8-10(7-13(22)19(15)28-2)16-12(9-23)20(24)29-18-11-5-3-4-6-14(11)25-21(26)17(16)18/h3-8,12,16,24H,1-2H3,(H,25,26). The van der Waals surface area contributed by atoms with E-state index >= 15 is 0 Å². The minimum absolute atomic E-state index is 0.202. The van der Waals surface area contributed by atoms with Gasteiger partial charge in [0.2, 0.25) is 5.90 Å². The van der Waals surface area contributed by atoms with Crippen molar-refractivity contribution in [1.82, 2.24) is 4.98 Å². The molecule has 2 N–H and O–H groups in total. The van der Waals surface area contributed by atoms with Gasteiger partial charge in [-0.2, -0.15) is 5.26 Å². The molecule has 0 saturated heterocycles. The Kier molecular flexibility index (Phi) is 4.76. The third-order valence-electron chi connectivity index (χ3n) is 5.00. The van der Waals surface area contributed by atoms with E-state index in [9.17, 15) is 10.1 Å². The highest BCUT2D eigenvalue weighted by molar-refractivity contribution is 9.10. The fourth-order valence-corrected chi connectivity index (χ4v) is 4.34. The van der Waals surface area contributed by atoms with E-state index in [0.29, 0.717) is 43.8 Å². The summed E-state index contributed by atoms with van der Waals surface area (Å²) in [6.07, 6.45) is 0. The van der Waals surface area contributed by atoms with Crippen LogP contribution in [0.25, 0.3) is 10.9 Å². The van der Waals surface area contributed by atoms with Crippen LogP contribution in [0.15, 0.2) is 45.7 Å². The van der Waals surface area contributed by atoms with Gasteiger partial charge >= 0.3 is 0 Å². The molecule has 4 rings (SSSR count). The minimum atomic E-state index is -0.963. The summed E-state index contributed by atoms with van der Waals surface area (Å²) in [5, 5.41) is 18.8. The molecule has 146 valence electrons. The number of nitrogens with one attached hydrogen (secondary N) is 2. The molecule has 2 unspecified atom stereocenters. The number of benzene rings is 2. The van der Waals surface area contributed by atoms with Gasteiger partial charge in [0.15, 0.2) is 11.5 Å². The predicted molar refractivity (Wildman–Crippen MR) is 111 cm³/mol. The maximum atomic E-state index is 13.0. The molecule has 29 heavy (non-hydrogen) atoms. The Morgan fingerprint density at radius 1 is 1.24 bits per heavy atom. The number of hydrogen-bond acceptors (Lipinski definition) is 6. The number of halogens is 1. The quantitative estimate of drug-likeness (QED) is 0.623. The Labute approximate surface area is 174 Å². The first-order chi connectivity index (χ1) is 14.0. The van der Waals surface area contributed by atoms with E-state index in [-0.39, 0.29) is 11.5 Å². The lowest BCUT2D eigenvalue weighted by atomic mass is 9.79. The van der Waals surface area contributed by atoms with Gasteiger partial charge in [-0.1, -0.05) is 12.1 Å². The SMILES string of the molecule is COc1cc(C2c3c(c4ccccc4[nH]c3=O)OC(=N)C2C#N)cc(Br)c1OC. The second kappa shape index (κ2) is 7.26. The molecule has 0 bridgehead atoms. The molecular weight excluding hydrogens is 438 g/mol. The highest BCUT2D eigenvalue weighted by atomic mass is 79.9. The maximum Gasteiger partial charge on any atom is 0.256 e. The first-order valence-electron chi connectivity index (χ1n) is 8.72. The summed E-state index contributed by atoms with van der Waals surface area (Å²) in [4.78, 5) is 15.9. The normalized spacial score (nSPS) is 17.9. The van der Waals surface area contributed by atoms with Crippen LogP contribution >= 0.6 is 15.9 Å². The van der Waals surface area contributed by atoms with Crippen molar-refractivity contribution in [2.75, 3.05) is 14.2 Å². The molecule has 0 saturated carbocycles. The zero-order chi connectivity index (χ0) is 20.7. The van der Waals surface area contributed by atoms with Crippen LogP contribution in [0.3, 0.4) is 0 Å². The monoisotopic (exact) mass is 453 g/mol. The minimum Gasteiger partial charge on any atom is -0.493 e. The summed E-state index contributed by atoms with van der Waals surface area (Å²) in [6.45, 7) is 0. The molecule has 0 radical (unpaired) electrons. The van der Waals surface area contributed by atoms with Gasteiger partial charge in [0.1, 0.15) is 11.7 Å². The molecule has 1 aromatic heterocycles. The molecule has 7 nitrogen and oxygen atoms in total. The summed E-state index contributed by atoms with van der Waals surface area (Å²) in [5.74, 6) is -0.621. The van der Waals surface area contributed by atoms with Gasteiger partial charge in [0.25, 0.3) is 5.56 Å². The molecule has 2 aromatic carbocycles. The second-order valence-corrected chi connectivity index (χ2v) is 7.39. The van der Waals surface area contributed by atoms with Gasteiger partial charge in [-0.25, -0.2) is 0 Å². The summed E-state index contributed by atoms with van der Waals surface area (Å²) in [7, 11) is 3.03. The fourth-order valence-electron chi connectivity index (χ4n) is 3.72. The number of hydrogen-bond donors (Lipinski definition) is 2. The topological polar surface area (TPSA) is 108 Å². The van der Waals surface area contributed by atoms with Crippen molar-refractivity contribution in [3.05, 3.63) is 62.4 Å². The molecule has 2 atom stereocenters. The molecule has 1 aliphatic rings. The zero-order valence-corrected chi connectivity index (χ0v) is 17.2. The van der Waals surface area contributed by atoms with Gasteiger partial charge in [0.05, 0.1) is 35.8 Å². The van der Waals surface area contributed by atoms with Gasteiger partial charge in [-0.15, -0.1) is 0 Å². The van der Waals surface area contributed by atoms with Crippen molar-refractivity contribution < 1.29 is 14.2 Å². The number of aromatic nitrogens is 1. The number of nitriles is 1. The molecule has 0 aliphatic carbocycles. The van der Waals surface area contributed by atoms with Crippen molar-refractivity contribution in [2.24, 2.45) is 5.92 Å². The first kappa shape index (κ1) is 19.0. The molecule has 3 aromatic rings. The molecule has 0 fully saturated rings. The van der Waals surface area contributed by atoms with Crippen LogP contribution in [0.4, 0.5) is 0 Å². The predicted octanol–water partition coefficient (Wildman–Crippen LogP) is 3.95. The van der Waals surface area contributed by atoms with E-state index in [4.69, 9.17) is 19.6 Å². The maximum absolute atomic E-state index is 13.0. The molecule has 2 heterocycles. The lowest BCUT2D eigenvalue weighted by Crippen LogP contribution is -2.35. The average Bonchev–Trinajstić information content (AvgIpc) is 2.72. The average molecular weight is 454 g/mol. The second-order valence-electron chi connectivity index (χ2n) is 6.53. The number of pyridine rings is 1. The van der Waals surface area contributed by atoms with Crippen LogP contribution in [-0.4, -0.2) is 25.1 Å². The highest BCUT2D eigenvalue weighted by Gasteiger charge is 2.40. The van der Waals surface area contributed by atoms with E-state index in [1.807, 2.05) is 12.1 Å². The third-order valence-corrected chi connectivity index (χ3v) is 5.59. The summed E-state index contributed by atoms with van der Waals surface area (Å²) in [6, 6.07) is 12.8. The smallest absolute Gasteiger partial charge is 0.256 e. The van der Waals surface area contributed by atoms with E-state index in [1.165, 1.54) is 14.2 Å². The summed E-state index contributed by atoms with van der Waals surface area (Å²) < 4.78 is 17.1.